The van der Waals surface area contributed by atoms with Crippen molar-refractivity contribution in [1.29, 1.82) is 0 Å². The van der Waals surface area contributed by atoms with E-state index in [1.165, 1.54) is 18.5 Å². The number of nitrogens with one attached hydrogen (secondary N) is 2. The van der Waals surface area contributed by atoms with E-state index in [0.717, 1.165) is 37.4 Å². The Morgan fingerprint density at radius 1 is 1.02 bits per heavy atom. The number of hydrogen-bond acceptors (Lipinski definition) is 10. The Morgan fingerprint density at radius 2 is 1.89 bits per heavy atom. The first-order valence-electron chi connectivity index (χ1n) is 14.4. The zero-order valence-electron chi connectivity index (χ0n) is 24.8. The molecule has 5 rings (SSSR count). The lowest BCUT2D eigenvalue weighted by molar-refractivity contribution is 0.303. The van der Waals surface area contributed by atoms with Gasteiger partial charge in [-0.05, 0) is 64.3 Å². The van der Waals surface area contributed by atoms with Gasteiger partial charge in [0.2, 0.25) is 0 Å². The maximum Gasteiger partial charge on any atom is 0.151 e. The largest absolute Gasteiger partial charge is 0.496 e. The summed E-state index contributed by atoms with van der Waals surface area (Å²) >= 11 is 5.12. The molecule has 5 aromatic rings. The molecule has 2 aromatic heterocycles. The maximum absolute atomic E-state index is 13.5. The molecule has 0 aliphatic carbocycles. The quantitative estimate of drug-likeness (QED) is 0.111. The molecule has 0 amide bonds. The zero-order valence-corrected chi connectivity index (χ0v) is 28.1. The van der Waals surface area contributed by atoms with E-state index in [1.807, 2.05) is 48.7 Å². The molecule has 9 nitrogen and oxygen atoms in total. The average Bonchev–Trinajstić information content (AvgIpc) is 3.49. The van der Waals surface area contributed by atoms with E-state index in [0.29, 0.717) is 48.8 Å². The van der Waals surface area contributed by atoms with E-state index in [1.54, 1.807) is 24.5 Å². The van der Waals surface area contributed by atoms with Gasteiger partial charge in [-0.3, -0.25) is 0 Å². The minimum atomic E-state index is -3.00. The third-order valence-corrected chi connectivity index (χ3v) is 10.3. The molecule has 0 aliphatic rings. The van der Waals surface area contributed by atoms with Crippen molar-refractivity contribution in [1.82, 2.24) is 20.3 Å². The van der Waals surface area contributed by atoms with Crippen LogP contribution in [0, 0.1) is 5.82 Å². The standard InChI is InChI=1S/C32H33BrFN5O4S2/c1-3-12-45(40,41)13-11-35-10-9-31-39-28(19-44-31)24-16-25-27(17-30(24)42-2)36-20-37-32(25)38-23-7-8-29(26(33)15-23)43-18-21-5-4-6-22(34)14-21/h4-8,14-17,19-20,35H,3,9-13,18H2,1-2H3,(H,36,37,38). The number of fused-ring (bicyclic) bond motifs is 1. The summed E-state index contributed by atoms with van der Waals surface area (Å²) < 4.78 is 49.7. The van der Waals surface area contributed by atoms with Gasteiger partial charge in [-0.15, -0.1) is 11.3 Å². The first-order valence-corrected chi connectivity index (χ1v) is 17.9. The van der Waals surface area contributed by atoms with Crippen LogP contribution < -0.4 is 20.1 Å². The Balaban J connectivity index is 1.29. The van der Waals surface area contributed by atoms with Crippen LogP contribution in [0.15, 0.2) is 70.8 Å². The third-order valence-electron chi connectivity index (χ3n) is 6.88. The van der Waals surface area contributed by atoms with Crippen molar-refractivity contribution in [2.24, 2.45) is 0 Å². The summed E-state index contributed by atoms with van der Waals surface area (Å²) in [6.45, 7) is 3.17. The summed E-state index contributed by atoms with van der Waals surface area (Å²) in [4.78, 5) is 13.8. The van der Waals surface area contributed by atoms with Gasteiger partial charge in [0.25, 0.3) is 0 Å². The fourth-order valence-corrected chi connectivity index (χ4v) is 7.26. The molecule has 236 valence electrons. The minimum absolute atomic E-state index is 0.141. The minimum Gasteiger partial charge on any atom is -0.496 e. The van der Waals surface area contributed by atoms with Crippen LogP contribution in [0.1, 0.15) is 23.9 Å². The van der Waals surface area contributed by atoms with Gasteiger partial charge in [0, 0.05) is 53.3 Å². The van der Waals surface area contributed by atoms with Crippen molar-refractivity contribution in [2.45, 2.75) is 26.4 Å². The molecule has 2 heterocycles. The normalized spacial score (nSPS) is 11.6. The van der Waals surface area contributed by atoms with Gasteiger partial charge >= 0.3 is 0 Å². The smallest absolute Gasteiger partial charge is 0.151 e. The van der Waals surface area contributed by atoms with E-state index >= 15 is 0 Å². The highest BCUT2D eigenvalue weighted by molar-refractivity contribution is 9.10. The SMILES string of the molecule is CCCS(=O)(=O)CCNCCc1nc(-c2cc3c(Nc4ccc(OCc5cccc(F)c5)c(Br)c4)ncnc3cc2OC)cs1. The van der Waals surface area contributed by atoms with Crippen LogP contribution in [0.2, 0.25) is 0 Å². The Morgan fingerprint density at radius 3 is 2.67 bits per heavy atom. The molecule has 0 spiro atoms. The lowest BCUT2D eigenvalue weighted by Gasteiger charge is -2.13. The van der Waals surface area contributed by atoms with Crippen LogP contribution in [-0.2, 0) is 22.9 Å². The van der Waals surface area contributed by atoms with Gasteiger partial charge in [0.15, 0.2) is 9.84 Å². The molecule has 13 heteroatoms. The molecule has 0 aliphatic heterocycles. The van der Waals surface area contributed by atoms with Gasteiger partial charge in [-0.1, -0.05) is 19.1 Å². The van der Waals surface area contributed by atoms with Crippen LogP contribution >= 0.6 is 27.3 Å². The monoisotopic (exact) mass is 713 g/mol. The van der Waals surface area contributed by atoms with Crippen molar-refractivity contribution in [3.63, 3.8) is 0 Å². The van der Waals surface area contributed by atoms with Crippen LogP contribution in [0.5, 0.6) is 11.5 Å². The first kappa shape index (κ1) is 32.7. The summed E-state index contributed by atoms with van der Waals surface area (Å²) in [6, 6.07) is 15.8. The number of halogens is 2. The second-order valence-corrected chi connectivity index (χ2v) is 14.4. The molecule has 0 fully saturated rings. The molecule has 0 saturated carbocycles. The lowest BCUT2D eigenvalue weighted by atomic mass is 10.1. The number of methoxy groups -OCH3 is 1. The second kappa shape index (κ2) is 15.1. The van der Waals surface area contributed by atoms with Crippen LogP contribution in [0.3, 0.4) is 0 Å². The summed E-state index contributed by atoms with van der Waals surface area (Å²) in [5, 5.41) is 10.3. The number of aromatic nitrogens is 3. The fourth-order valence-electron chi connectivity index (χ4n) is 4.68. The van der Waals surface area contributed by atoms with Gasteiger partial charge < -0.3 is 20.1 Å². The van der Waals surface area contributed by atoms with Crippen molar-refractivity contribution in [2.75, 3.05) is 37.0 Å². The third kappa shape index (κ3) is 8.75. The highest BCUT2D eigenvalue weighted by Gasteiger charge is 2.16. The summed E-state index contributed by atoms with van der Waals surface area (Å²) in [5.74, 6) is 1.94. The number of ether oxygens (including phenoxy) is 2. The van der Waals surface area contributed by atoms with Crippen molar-refractivity contribution >= 4 is 59.5 Å². The first-order chi connectivity index (χ1) is 21.7. The number of sulfone groups is 1. The zero-order chi connectivity index (χ0) is 31.8. The van der Waals surface area contributed by atoms with Crippen LogP contribution in [-0.4, -0.2) is 55.1 Å². The molecule has 3 aromatic carbocycles. The van der Waals surface area contributed by atoms with Crippen LogP contribution in [0.25, 0.3) is 22.2 Å². The van der Waals surface area contributed by atoms with Gasteiger partial charge in [-0.2, -0.15) is 0 Å². The second-order valence-electron chi connectivity index (χ2n) is 10.3. The molecule has 0 unspecified atom stereocenters. The molecular formula is C32H33BrFN5O4S2. The van der Waals surface area contributed by atoms with E-state index in [-0.39, 0.29) is 23.9 Å². The Labute approximate surface area is 274 Å². The molecule has 0 radical (unpaired) electrons. The molecule has 2 N–H and O–H groups in total. The van der Waals surface area contributed by atoms with Crippen LogP contribution in [0.4, 0.5) is 15.9 Å². The molecule has 0 saturated heterocycles. The number of thiazole rings is 1. The predicted molar refractivity (Wildman–Crippen MR) is 181 cm³/mol. The highest BCUT2D eigenvalue weighted by atomic mass is 79.9. The Kier molecular flexibility index (Phi) is 11.0. The summed E-state index contributed by atoms with van der Waals surface area (Å²) in [7, 11) is -1.38. The number of benzene rings is 3. The summed E-state index contributed by atoms with van der Waals surface area (Å²) in [5.41, 5.74) is 3.81. The molecule has 0 atom stereocenters. The van der Waals surface area contributed by atoms with E-state index in [9.17, 15) is 12.8 Å². The highest BCUT2D eigenvalue weighted by Crippen LogP contribution is 2.37. The maximum atomic E-state index is 13.5. The van der Waals surface area contributed by atoms with Crippen molar-refractivity contribution < 1.29 is 22.3 Å². The predicted octanol–water partition coefficient (Wildman–Crippen LogP) is 6.94. The van der Waals surface area contributed by atoms with Gasteiger partial charge in [-0.25, -0.2) is 27.8 Å². The molecule has 0 bridgehead atoms. The summed E-state index contributed by atoms with van der Waals surface area (Å²) in [6.07, 6.45) is 2.81. The molecule has 45 heavy (non-hydrogen) atoms. The Bertz CT molecular complexity index is 1890. The number of nitrogens with zero attached hydrogens (tertiary/aromatic N) is 3. The topological polar surface area (TPSA) is 115 Å². The Hall–Kier alpha value is -3.65. The molecular weight excluding hydrogens is 681 g/mol. The number of hydrogen-bond donors (Lipinski definition) is 2. The van der Waals surface area contributed by atoms with Crippen molar-refractivity contribution in [3.05, 3.63) is 87.2 Å². The van der Waals surface area contributed by atoms with Gasteiger partial charge in [0.05, 0.1) is 33.6 Å². The van der Waals surface area contributed by atoms with E-state index in [4.69, 9.17) is 14.5 Å². The fraction of sp³-hybridized carbons (Fsp3) is 0.281. The van der Waals surface area contributed by atoms with Gasteiger partial charge in [0.1, 0.15) is 36.1 Å². The lowest BCUT2D eigenvalue weighted by Crippen LogP contribution is -2.26. The average molecular weight is 715 g/mol. The number of rotatable bonds is 15. The van der Waals surface area contributed by atoms with E-state index in [2.05, 4.69) is 36.5 Å². The van der Waals surface area contributed by atoms with E-state index < -0.39 is 9.84 Å². The number of anilines is 2. The van der Waals surface area contributed by atoms with Crippen molar-refractivity contribution in [3.8, 4) is 22.8 Å².